The Hall–Kier alpha value is -1.75. The normalized spacial score (nSPS) is 10.4. The Bertz CT molecular complexity index is 433. The van der Waals surface area contributed by atoms with Gasteiger partial charge in [-0.25, -0.2) is 4.79 Å². The number of hydrogen-bond donors (Lipinski definition) is 2. The lowest BCUT2D eigenvalue weighted by atomic mass is 10.2. The van der Waals surface area contributed by atoms with Crippen LogP contribution in [0.4, 0.5) is 10.5 Å². The van der Waals surface area contributed by atoms with Crippen LogP contribution < -0.4 is 10.1 Å². The Morgan fingerprint density at radius 3 is 2.68 bits per heavy atom. The molecule has 0 spiro atoms. The number of aryl methyl sites for hydroxylation is 1. The molecule has 0 atom stereocenters. The predicted molar refractivity (Wildman–Crippen MR) is 75.7 cm³/mol. The molecule has 0 aromatic heterocycles. The maximum atomic E-state index is 12.1. The number of amides is 2. The van der Waals surface area contributed by atoms with Gasteiger partial charge in [0.2, 0.25) is 0 Å². The molecule has 0 bridgehead atoms. The topological polar surface area (TPSA) is 61.8 Å². The van der Waals surface area contributed by atoms with E-state index in [1.807, 2.05) is 39.0 Å². The quantitative estimate of drug-likeness (QED) is 0.859. The first-order valence-electron chi connectivity index (χ1n) is 6.32. The molecule has 0 radical (unpaired) electrons. The molecule has 0 aliphatic rings. The predicted octanol–water partition coefficient (Wildman–Crippen LogP) is 2.24. The number of urea groups is 1. The molecule has 19 heavy (non-hydrogen) atoms. The highest BCUT2D eigenvalue weighted by molar-refractivity contribution is 5.91. The highest BCUT2D eigenvalue weighted by Crippen LogP contribution is 2.25. The molecule has 2 N–H and O–H groups in total. The third-order valence-corrected chi connectivity index (χ3v) is 2.82. The number of methoxy groups -OCH3 is 1. The first-order valence-corrected chi connectivity index (χ1v) is 6.32. The maximum Gasteiger partial charge on any atom is 0.322 e. The van der Waals surface area contributed by atoms with E-state index in [0.29, 0.717) is 18.0 Å². The van der Waals surface area contributed by atoms with E-state index < -0.39 is 0 Å². The number of nitrogens with one attached hydrogen (secondary N) is 1. The first kappa shape index (κ1) is 15.3. The fourth-order valence-corrected chi connectivity index (χ4v) is 1.79. The molecule has 0 unspecified atom stereocenters. The van der Waals surface area contributed by atoms with E-state index in [2.05, 4.69) is 5.32 Å². The lowest BCUT2D eigenvalue weighted by Crippen LogP contribution is -2.41. The van der Waals surface area contributed by atoms with Crippen LogP contribution in [0.2, 0.25) is 0 Å². The number of carbonyl (C=O) groups excluding carboxylic acids is 1. The molecule has 2 amide bonds. The Morgan fingerprint density at radius 2 is 2.16 bits per heavy atom. The molecular formula is C14H22N2O3. The zero-order valence-corrected chi connectivity index (χ0v) is 11.9. The van der Waals surface area contributed by atoms with Gasteiger partial charge in [-0.05, 0) is 38.5 Å². The van der Waals surface area contributed by atoms with Crippen molar-refractivity contribution in [3.8, 4) is 5.75 Å². The number of aliphatic hydroxyl groups excluding tert-OH is 1. The van der Waals surface area contributed by atoms with E-state index in [9.17, 15) is 4.79 Å². The van der Waals surface area contributed by atoms with Gasteiger partial charge in [0.1, 0.15) is 5.75 Å². The van der Waals surface area contributed by atoms with Gasteiger partial charge >= 0.3 is 6.03 Å². The molecule has 0 aliphatic heterocycles. The molecule has 1 rings (SSSR count). The van der Waals surface area contributed by atoms with Crippen molar-refractivity contribution < 1.29 is 14.6 Å². The number of carbonyl (C=O) groups is 1. The van der Waals surface area contributed by atoms with Gasteiger partial charge in [0.15, 0.2) is 0 Å². The maximum absolute atomic E-state index is 12.1. The Balaban J connectivity index is 2.86. The highest BCUT2D eigenvalue weighted by atomic mass is 16.5. The summed E-state index contributed by atoms with van der Waals surface area (Å²) in [6.45, 7) is 6.01. The molecule has 5 heteroatoms. The number of benzene rings is 1. The van der Waals surface area contributed by atoms with Gasteiger partial charge < -0.3 is 20.1 Å². The summed E-state index contributed by atoms with van der Waals surface area (Å²) in [5, 5.41) is 11.8. The van der Waals surface area contributed by atoms with Crippen molar-refractivity contribution in [2.24, 2.45) is 0 Å². The van der Waals surface area contributed by atoms with Crippen LogP contribution in [0.15, 0.2) is 18.2 Å². The van der Waals surface area contributed by atoms with E-state index >= 15 is 0 Å². The zero-order valence-electron chi connectivity index (χ0n) is 11.9. The monoisotopic (exact) mass is 266 g/mol. The fraction of sp³-hybridized carbons (Fsp3) is 0.500. The molecular weight excluding hydrogens is 244 g/mol. The van der Waals surface area contributed by atoms with Gasteiger partial charge in [-0.15, -0.1) is 0 Å². The van der Waals surface area contributed by atoms with Crippen molar-refractivity contribution in [2.75, 3.05) is 25.6 Å². The highest BCUT2D eigenvalue weighted by Gasteiger charge is 2.17. The first-order chi connectivity index (χ1) is 8.99. The lowest BCUT2D eigenvalue weighted by molar-refractivity contribution is 0.172. The minimum atomic E-state index is -0.244. The summed E-state index contributed by atoms with van der Waals surface area (Å²) in [7, 11) is 1.57. The molecule has 0 heterocycles. The van der Waals surface area contributed by atoms with Crippen LogP contribution in [0.25, 0.3) is 0 Å². The average Bonchev–Trinajstić information content (AvgIpc) is 2.37. The molecule has 5 nitrogen and oxygen atoms in total. The molecule has 0 saturated heterocycles. The van der Waals surface area contributed by atoms with Gasteiger partial charge in [-0.1, -0.05) is 6.07 Å². The summed E-state index contributed by atoms with van der Waals surface area (Å²) in [5.41, 5.74) is 1.69. The van der Waals surface area contributed by atoms with Crippen molar-refractivity contribution in [3.05, 3.63) is 23.8 Å². The second-order valence-electron chi connectivity index (χ2n) is 4.64. The summed E-state index contributed by atoms with van der Waals surface area (Å²) in [6.07, 6.45) is 0. The smallest absolute Gasteiger partial charge is 0.322 e. The Morgan fingerprint density at radius 1 is 1.47 bits per heavy atom. The standard InChI is InChI=1S/C14H22N2O3/c1-10(2)16(7-8-17)14(18)15-12-6-5-11(3)9-13(12)19-4/h5-6,9-10,17H,7-8H2,1-4H3,(H,15,18). The van der Waals surface area contributed by atoms with E-state index in [1.54, 1.807) is 12.0 Å². The van der Waals surface area contributed by atoms with Crippen molar-refractivity contribution in [2.45, 2.75) is 26.8 Å². The summed E-state index contributed by atoms with van der Waals surface area (Å²) in [5.74, 6) is 0.626. The zero-order chi connectivity index (χ0) is 14.4. The van der Waals surface area contributed by atoms with Gasteiger partial charge in [0.25, 0.3) is 0 Å². The molecule has 106 valence electrons. The summed E-state index contributed by atoms with van der Waals surface area (Å²) in [4.78, 5) is 13.7. The second kappa shape index (κ2) is 6.99. The molecule has 0 saturated carbocycles. The van der Waals surface area contributed by atoms with Gasteiger partial charge in [0.05, 0.1) is 19.4 Å². The summed E-state index contributed by atoms with van der Waals surface area (Å²) >= 11 is 0. The molecule has 0 fully saturated rings. The number of nitrogens with zero attached hydrogens (tertiary/aromatic N) is 1. The van der Waals surface area contributed by atoms with Crippen molar-refractivity contribution in [1.82, 2.24) is 4.90 Å². The average molecular weight is 266 g/mol. The van der Waals surface area contributed by atoms with Gasteiger partial charge in [0, 0.05) is 12.6 Å². The van der Waals surface area contributed by atoms with E-state index in [0.717, 1.165) is 5.56 Å². The SMILES string of the molecule is COc1cc(C)ccc1NC(=O)N(CCO)C(C)C. The number of ether oxygens (including phenoxy) is 1. The van der Waals surface area contributed by atoms with Crippen LogP contribution in [0.3, 0.4) is 0 Å². The van der Waals surface area contributed by atoms with E-state index in [-0.39, 0.29) is 18.7 Å². The van der Waals surface area contributed by atoms with Crippen molar-refractivity contribution in [3.63, 3.8) is 0 Å². The van der Waals surface area contributed by atoms with E-state index in [1.165, 1.54) is 0 Å². The Labute approximate surface area is 114 Å². The van der Waals surface area contributed by atoms with Crippen molar-refractivity contribution in [1.29, 1.82) is 0 Å². The minimum absolute atomic E-state index is 0.0172. The van der Waals surface area contributed by atoms with Crippen LogP contribution >= 0.6 is 0 Å². The number of rotatable bonds is 5. The summed E-state index contributed by atoms with van der Waals surface area (Å²) < 4.78 is 5.24. The molecule has 1 aromatic rings. The molecule has 1 aromatic carbocycles. The van der Waals surface area contributed by atoms with E-state index in [4.69, 9.17) is 9.84 Å². The van der Waals surface area contributed by atoms with Gasteiger partial charge in [-0.3, -0.25) is 0 Å². The minimum Gasteiger partial charge on any atom is -0.495 e. The Kier molecular flexibility index (Phi) is 5.63. The number of hydrogen-bond acceptors (Lipinski definition) is 3. The van der Waals surface area contributed by atoms with Crippen LogP contribution in [-0.2, 0) is 0 Å². The lowest BCUT2D eigenvalue weighted by Gasteiger charge is -2.26. The van der Waals surface area contributed by atoms with Gasteiger partial charge in [-0.2, -0.15) is 0 Å². The van der Waals surface area contributed by atoms with Crippen LogP contribution in [0, 0.1) is 6.92 Å². The van der Waals surface area contributed by atoms with Crippen LogP contribution in [0.1, 0.15) is 19.4 Å². The summed E-state index contributed by atoms with van der Waals surface area (Å²) in [6, 6.07) is 5.35. The fourth-order valence-electron chi connectivity index (χ4n) is 1.79. The largest absolute Gasteiger partial charge is 0.495 e. The number of aliphatic hydroxyl groups is 1. The van der Waals surface area contributed by atoms with Crippen LogP contribution in [-0.4, -0.2) is 42.3 Å². The van der Waals surface area contributed by atoms with Crippen molar-refractivity contribution >= 4 is 11.7 Å². The third kappa shape index (κ3) is 4.13. The third-order valence-electron chi connectivity index (χ3n) is 2.82. The van der Waals surface area contributed by atoms with Crippen LogP contribution in [0.5, 0.6) is 5.75 Å². The number of anilines is 1. The second-order valence-corrected chi connectivity index (χ2v) is 4.64. The molecule has 0 aliphatic carbocycles.